The Labute approximate surface area is 300 Å². The van der Waals surface area contributed by atoms with Crippen LogP contribution in [0.2, 0.25) is 0 Å². The van der Waals surface area contributed by atoms with Crippen LogP contribution in [-0.2, 0) is 20.4 Å². The van der Waals surface area contributed by atoms with E-state index in [-0.39, 0.29) is 11.8 Å². The van der Waals surface area contributed by atoms with Crippen LogP contribution in [0, 0.1) is 26.6 Å². The van der Waals surface area contributed by atoms with E-state index in [2.05, 4.69) is 35.1 Å². The number of amides is 2. The van der Waals surface area contributed by atoms with Crippen LogP contribution in [0.4, 0.5) is 27.3 Å². The molecule has 0 bridgehead atoms. The average Bonchev–Trinajstić information content (AvgIpc) is 3.45. The van der Waals surface area contributed by atoms with Gasteiger partial charge < -0.3 is 0 Å². The quantitative estimate of drug-likeness (QED) is 0.185. The summed E-state index contributed by atoms with van der Waals surface area (Å²) in [5.41, 5.74) is 7.59. The summed E-state index contributed by atoms with van der Waals surface area (Å²) in [7, 11) is 0. The lowest BCUT2D eigenvalue weighted by Crippen LogP contribution is -2.33. The Balaban J connectivity index is 0.000000162. The topological polar surface area (TPSA) is 131 Å². The fraction of sp³-hybridized carbons (Fsp3) is 0.225. The zero-order valence-electron chi connectivity index (χ0n) is 29.9. The van der Waals surface area contributed by atoms with Crippen molar-refractivity contribution in [2.75, 3.05) is 9.80 Å². The minimum absolute atomic E-state index is 0.0159. The molecule has 2 amide bonds. The number of anilines is 4. The van der Waals surface area contributed by atoms with Crippen LogP contribution < -0.4 is 9.80 Å². The Bertz CT molecular complexity index is 2340. The van der Waals surface area contributed by atoms with Gasteiger partial charge in [-0.25, -0.2) is 14.4 Å². The first-order chi connectivity index (χ1) is 24.8. The zero-order valence-corrected chi connectivity index (χ0v) is 29.9. The summed E-state index contributed by atoms with van der Waals surface area (Å²) in [5.74, 6) is 0.609. The van der Waals surface area contributed by atoms with Gasteiger partial charge in [0.05, 0.1) is 63.6 Å². The lowest BCUT2D eigenvalue weighted by atomic mass is 9.85. The number of nitrogens with zero attached hydrogens (tertiary/aromatic N) is 9. The third kappa shape index (κ3) is 5.95. The number of pyridine rings is 1. The van der Waals surface area contributed by atoms with Crippen LogP contribution >= 0.6 is 0 Å². The first-order valence-electron chi connectivity index (χ1n) is 16.7. The number of hydrogen-bond donors (Lipinski definition) is 0. The molecule has 260 valence electrons. The molecule has 0 N–H and O–H groups in total. The zero-order chi connectivity index (χ0) is 36.9. The van der Waals surface area contributed by atoms with Gasteiger partial charge in [-0.05, 0) is 89.4 Å². The van der Waals surface area contributed by atoms with E-state index in [0.717, 1.165) is 62.5 Å². The Kier molecular flexibility index (Phi) is 8.40. The monoisotopic (exact) mass is 693 g/mol. The van der Waals surface area contributed by atoms with Gasteiger partial charge in [-0.3, -0.25) is 34.3 Å². The molecule has 0 radical (unpaired) electrons. The molecule has 0 unspecified atom stereocenters. The van der Waals surface area contributed by atoms with Crippen LogP contribution in [0.15, 0.2) is 91.8 Å². The Morgan fingerprint density at radius 2 is 1.21 bits per heavy atom. The molecule has 0 spiro atoms. The maximum Gasteiger partial charge on any atom is 0.242 e. The van der Waals surface area contributed by atoms with Crippen molar-refractivity contribution in [3.05, 3.63) is 126 Å². The summed E-state index contributed by atoms with van der Waals surface area (Å²) in [6.45, 7) is 13.2. The Morgan fingerprint density at radius 1 is 0.577 bits per heavy atom. The van der Waals surface area contributed by atoms with Gasteiger partial charge in [-0.1, -0.05) is 24.3 Å². The molecule has 2 aliphatic heterocycles. The highest BCUT2D eigenvalue weighted by molar-refractivity contribution is 6.13. The molecule has 0 fully saturated rings. The van der Waals surface area contributed by atoms with Gasteiger partial charge in [0.25, 0.3) is 0 Å². The number of benzene rings is 2. The van der Waals surface area contributed by atoms with Crippen LogP contribution in [0.3, 0.4) is 0 Å². The van der Waals surface area contributed by atoms with Crippen LogP contribution in [0.1, 0.15) is 56.0 Å². The van der Waals surface area contributed by atoms with Gasteiger partial charge in [0, 0.05) is 35.8 Å². The minimum atomic E-state index is -0.704. The highest BCUT2D eigenvalue weighted by Gasteiger charge is 2.46. The van der Waals surface area contributed by atoms with Crippen molar-refractivity contribution in [3.8, 4) is 22.4 Å². The predicted molar refractivity (Wildman–Crippen MR) is 196 cm³/mol. The smallest absolute Gasteiger partial charge is 0.242 e. The van der Waals surface area contributed by atoms with Gasteiger partial charge in [0.1, 0.15) is 11.6 Å². The van der Waals surface area contributed by atoms with Gasteiger partial charge >= 0.3 is 0 Å². The molecule has 12 heteroatoms. The standard InChI is InChI=1S/C20H17FN4O.C20H19N5O/c1-12-23-8-14(9-24-12)13-4-5-17-18(6-13)25(19(26)20(17,2)3)16-7-15(21)10-22-11-16;1-12-5-8-18(24-23-12)25-17-9-14(16-11-21-13(2)10-22-16)6-7-15(17)20(3,4)19(25)26/h4-11H,1-3H3;5-11H,1-4H3. The average molecular weight is 694 g/mol. The molecule has 0 saturated carbocycles. The van der Waals surface area contributed by atoms with Gasteiger partial charge in [0.15, 0.2) is 5.82 Å². The van der Waals surface area contributed by atoms with Crippen LogP contribution in [0.5, 0.6) is 0 Å². The number of halogens is 1. The molecule has 11 nitrogen and oxygen atoms in total. The molecule has 8 rings (SSSR count). The molecular formula is C40H36FN9O2. The molecule has 0 saturated heterocycles. The Morgan fingerprint density at radius 3 is 1.83 bits per heavy atom. The van der Waals surface area contributed by atoms with Crippen molar-refractivity contribution in [3.63, 3.8) is 0 Å². The third-order valence-corrected chi connectivity index (χ3v) is 9.45. The van der Waals surface area contributed by atoms with Crippen LogP contribution in [-0.4, -0.2) is 46.9 Å². The molecule has 0 aliphatic carbocycles. The summed E-state index contributed by atoms with van der Waals surface area (Å²) in [4.78, 5) is 50.4. The summed E-state index contributed by atoms with van der Waals surface area (Å²) in [6.07, 6.45) is 9.60. The summed E-state index contributed by atoms with van der Waals surface area (Å²) < 4.78 is 13.7. The van der Waals surface area contributed by atoms with E-state index in [0.29, 0.717) is 17.3 Å². The predicted octanol–water partition coefficient (Wildman–Crippen LogP) is 7.45. The molecular weight excluding hydrogens is 657 g/mol. The van der Waals surface area contributed by atoms with Gasteiger partial charge in [0.2, 0.25) is 11.8 Å². The van der Waals surface area contributed by atoms with Gasteiger partial charge in [-0.15, -0.1) is 5.10 Å². The normalized spacial score (nSPS) is 15.2. The number of hydrogen-bond acceptors (Lipinski definition) is 9. The third-order valence-electron chi connectivity index (χ3n) is 9.45. The molecule has 4 aromatic heterocycles. The van der Waals surface area contributed by atoms with E-state index in [9.17, 15) is 14.0 Å². The highest BCUT2D eigenvalue weighted by atomic mass is 19.1. The molecule has 2 aliphatic rings. The number of fused-ring (bicyclic) bond motifs is 2. The minimum Gasteiger partial charge on any atom is -0.278 e. The summed E-state index contributed by atoms with van der Waals surface area (Å²) in [6, 6.07) is 16.8. The SMILES string of the molecule is Cc1cnc(-c2ccc3c(c2)N(c2ccc(C)nn2)C(=O)C3(C)C)cn1.Cc1ncc(-c2ccc3c(c2)N(c2cncc(F)c2)C(=O)C3(C)C)cn1. The first kappa shape index (κ1) is 34.2. The largest absolute Gasteiger partial charge is 0.278 e. The van der Waals surface area contributed by atoms with Crippen molar-refractivity contribution in [2.45, 2.75) is 59.3 Å². The van der Waals surface area contributed by atoms with E-state index < -0.39 is 16.6 Å². The maximum atomic E-state index is 13.7. The number of rotatable bonds is 4. The van der Waals surface area contributed by atoms with Crippen molar-refractivity contribution < 1.29 is 14.0 Å². The number of carbonyl (C=O) groups is 2. The fourth-order valence-corrected chi connectivity index (χ4v) is 6.44. The number of carbonyl (C=O) groups excluding carboxylic acids is 2. The summed E-state index contributed by atoms with van der Waals surface area (Å²) in [5, 5.41) is 8.32. The summed E-state index contributed by atoms with van der Waals surface area (Å²) >= 11 is 0. The molecule has 52 heavy (non-hydrogen) atoms. The second-order valence-electron chi connectivity index (χ2n) is 14.0. The Hall–Kier alpha value is -6.30. The van der Waals surface area contributed by atoms with E-state index in [1.165, 1.54) is 17.2 Å². The first-order valence-corrected chi connectivity index (χ1v) is 16.7. The maximum absolute atomic E-state index is 13.7. The van der Waals surface area contributed by atoms with Crippen molar-refractivity contribution in [2.24, 2.45) is 0 Å². The number of aryl methyl sites for hydroxylation is 3. The molecule has 6 heterocycles. The second kappa shape index (κ2) is 12.8. The van der Waals surface area contributed by atoms with E-state index in [1.54, 1.807) is 29.7 Å². The van der Waals surface area contributed by atoms with Crippen LogP contribution in [0.25, 0.3) is 22.4 Å². The van der Waals surface area contributed by atoms with Crippen molar-refractivity contribution >= 4 is 34.7 Å². The second-order valence-corrected chi connectivity index (χ2v) is 14.0. The van der Waals surface area contributed by atoms with E-state index in [4.69, 9.17) is 0 Å². The molecule has 6 aromatic rings. The van der Waals surface area contributed by atoms with Crippen molar-refractivity contribution in [1.29, 1.82) is 0 Å². The van der Waals surface area contributed by atoms with E-state index in [1.807, 2.05) is 97.0 Å². The highest BCUT2D eigenvalue weighted by Crippen LogP contribution is 2.47. The van der Waals surface area contributed by atoms with Gasteiger partial charge in [-0.2, -0.15) is 5.10 Å². The number of aromatic nitrogens is 7. The van der Waals surface area contributed by atoms with E-state index >= 15 is 0 Å². The lowest BCUT2D eigenvalue weighted by molar-refractivity contribution is -0.122. The molecule has 2 aromatic carbocycles. The lowest BCUT2D eigenvalue weighted by Gasteiger charge is -2.20. The fourth-order valence-electron chi connectivity index (χ4n) is 6.44. The van der Waals surface area contributed by atoms with Crippen molar-refractivity contribution in [1.82, 2.24) is 35.1 Å². The molecule has 0 atom stereocenters.